The second-order valence-electron chi connectivity index (χ2n) is 4.43. The van der Waals surface area contributed by atoms with Crippen molar-refractivity contribution in [2.75, 3.05) is 11.5 Å². The zero-order valence-corrected chi connectivity index (χ0v) is 14.1. The van der Waals surface area contributed by atoms with Gasteiger partial charge in [0.1, 0.15) is 5.51 Å². The SMILES string of the molecule is O=C(CSc1nncs1)N[C@H]1CCSc2ccc(Cl)cc21. The second kappa shape index (κ2) is 7.00. The minimum absolute atomic E-state index is 0.0121. The summed E-state index contributed by atoms with van der Waals surface area (Å²) in [6, 6.07) is 5.91. The first kappa shape index (κ1) is 15.1. The number of hydrogen-bond acceptors (Lipinski definition) is 6. The molecule has 1 amide bonds. The van der Waals surface area contributed by atoms with Crippen molar-refractivity contribution in [1.29, 1.82) is 0 Å². The molecule has 1 aromatic heterocycles. The van der Waals surface area contributed by atoms with E-state index in [4.69, 9.17) is 11.6 Å². The van der Waals surface area contributed by atoms with Crippen molar-refractivity contribution >= 4 is 52.4 Å². The topological polar surface area (TPSA) is 54.9 Å². The van der Waals surface area contributed by atoms with E-state index in [1.54, 1.807) is 5.51 Å². The van der Waals surface area contributed by atoms with Crippen LogP contribution in [0.5, 0.6) is 0 Å². The fraction of sp³-hybridized carbons (Fsp3) is 0.308. The molecule has 0 saturated heterocycles. The maximum atomic E-state index is 12.1. The van der Waals surface area contributed by atoms with Crippen LogP contribution in [0.15, 0.2) is 32.9 Å². The molecule has 0 fully saturated rings. The lowest BCUT2D eigenvalue weighted by Gasteiger charge is -2.26. The lowest BCUT2D eigenvalue weighted by molar-refractivity contribution is -0.119. The normalized spacial score (nSPS) is 17.3. The van der Waals surface area contributed by atoms with Crippen molar-refractivity contribution in [2.24, 2.45) is 0 Å². The highest BCUT2D eigenvalue weighted by Gasteiger charge is 2.22. The standard InChI is InChI=1S/C13H12ClN3OS3/c14-8-1-2-11-9(5-8)10(3-4-19-11)16-12(18)6-20-13-17-15-7-21-13/h1-2,5,7,10H,3-4,6H2,(H,16,18)/t10-/m0/s1. The lowest BCUT2D eigenvalue weighted by Crippen LogP contribution is -2.31. The van der Waals surface area contributed by atoms with Crippen LogP contribution in [0.4, 0.5) is 0 Å². The van der Waals surface area contributed by atoms with Crippen LogP contribution in [0.2, 0.25) is 5.02 Å². The van der Waals surface area contributed by atoms with E-state index in [-0.39, 0.29) is 11.9 Å². The maximum Gasteiger partial charge on any atom is 0.230 e. The Morgan fingerprint density at radius 2 is 2.43 bits per heavy atom. The van der Waals surface area contributed by atoms with Gasteiger partial charge in [-0.2, -0.15) is 0 Å². The van der Waals surface area contributed by atoms with Gasteiger partial charge >= 0.3 is 0 Å². The average molecular weight is 358 g/mol. The van der Waals surface area contributed by atoms with Crippen LogP contribution < -0.4 is 5.32 Å². The quantitative estimate of drug-likeness (QED) is 0.846. The summed E-state index contributed by atoms with van der Waals surface area (Å²) in [5.74, 6) is 1.37. The van der Waals surface area contributed by atoms with E-state index in [0.29, 0.717) is 10.8 Å². The van der Waals surface area contributed by atoms with E-state index in [2.05, 4.69) is 15.5 Å². The molecule has 1 aromatic carbocycles. The summed E-state index contributed by atoms with van der Waals surface area (Å²) in [7, 11) is 0. The van der Waals surface area contributed by atoms with Gasteiger partial charge in [-0.3, -0.25) is 4.79 Å². The first-order chi connectivity index (χ1) is 10.2. The molecule has 0 bridgehead atoms. The molecule has 2 heterocycles. The molecule has 0 saturated carbocycles. The Morgan fingerprint density at radius 3 is 3.24 bits per heavy atom. The van der Waals surface area contributed by atoms with Crippen LogP contribution in [-0.4, -0.2) is 27.6 Å². The predicted octanol–water partition coefficient (Wildman–Crippen LogP) is 3.64. The van der Waals surface area contributed by atoms with Gasteiger partial charge in [0.2, 0.25) is 5.91 Å². The maximum absolute atomic E-state index is 12.1. The van der Waals surface area contributed by atoms with Gasteiger partial charge in [0.25, 0.3) is 0 Å². The number of fused-ring (bicyclic) bond motifs is 1. The Labute approximate surface area is 140 Å². The minimum Gasteiger partial charge on any atom is -0.348 e. The summed E-state index contributed by atoms with van der Waals surface area (Å²) in [5, 5.41) is 11.5. The summed E-state index contributed by atoms with van der Waals surface area (Å²) < 4.78 is 0.813. The molecule has 1 atom stereocenters. The summed E-state index contributed by atoms with van der Waals surface area (Å²) >= 11 is 10.7. The molecule has 1 N–H and O–H groups in total. The number of thioether (sulfide) groups is 2. The van der Waals surface area contributed by atoms with Crippen molar-refractivity contribution in [3.63, 3.8) is 0 Å². The summed E-state index contributed by atoms with van der Waals surface area (Å²) in [5.41, 5.74) is 2.78. The van der Waals surface area contributed by atoms with Crippen LogP contribution in [0, 0.1) is 0 Å². The van der Waals surface area contributed by atoms with Crippen molar-refractivity contribution in [1.82, 2.24) is 15.5 Å². The van der Waals surface area contributed by atoms with E-state index in [9.17, 15) is 4.79 Å². The number of halogens is 1. The van der Waals surface area contributed by atoms with Gasteiger partial charge in [-0.05, 0) is 30.2 Å². The van der Waals surface area contributed by atoms with Crippen LogP contribution in [-0.2, 0) is 4.79 Å². The van der Waals surface area contributed by atoms with Crippen LogP contribution in [0.1, 0.15) is 18.0 Å². The number of aromatic nitrogens is 2. The Kier molecular flexibility index (Phi) is 5.05. The first-order valence-corrected chi connectivity index (χ1v) is 9.56. The van der Waals surface area contributed by atoms with Gasteiger partial charge in [-0.15, -0.1) is 22.0 Å². The van der Waals surface area contributed by atoms with E-state index >= 15 is 0 Å². The van der Waals surface area contributed by atoms with Gasteiger partial charge in [-0.1, -0.05) is 34.7 Å². The van der Waals surface area contributed by atoms with Crippen LogP contribution in [0.3, 0.4) is 0 Å². The number of nitrogens with one attached hydrogen (secondary N) is 1. The monoisotopic (exact) mass is 357 g/mol. The second-order valence-corrected chi connectivity index (χ2v) is 8.06. The molecule has 3 rings (SSSR count). The number of rotatable bonds is 4. The number of carbonyl (C=O) groups is 1. The predicted molar refractivity (Wildman–Crippen MR) is 88.3 cm³/mol. The average Bonchev–Trinajstić information content (AvgIpc) is 2.99. The molecule has 8 heteroatoms. The largest absolute Gasteiger partial charge is 0.348 e. The summed E-state index contributed by atoms with van der Waals surface area (Å²) in [6.07, 6.45) is 0.924. The molecule has 0 unspecified atom stereocenters. The number of benzene rings is 1. The van der Waals surface area contributed by atoms with Gasteiger partial charge in [0.15, 0.2) is 4.34 Å². The number of nitrogens with zero attached hydrogens (tertiary/aromatic N) is 2. The Balaban J connectivity index is 1.63. The van der Waals surface area contributed by atoms with Crippen LogP contribution in [0.25, 0.3) is 0 Å². The molecule has 0 aliphatic carbocycles. The van der Waals surface area contributed by atoms with Crippen LogP contribution >= 0.6 is 46.5 Å². The molecular weight excluding hydrogens is 346 g/mol. The zero-order chi connectivity index (χ0) is 14.7. The fourth-order valence-electron chi connectivity index (χ4n) is 2.10. The number of amides is 1. The third kappa shape index (κ3) is 3.91. The molecular formula is C13H12ClN3OS3. The molecule has 110 valence electrons. The Bertz CT molecular complexity index is 636. The van der Waals surface area contributed by atoms with Crippen molar-refractivity contribution in [3.05, 3.63) is 34.3 Å². The molecule has 21 heavy (non-hydrogen) atoms. The molecule has 1 aliphatic rings. The van der Waals surface area contributed by atoms with E-state index in [1.807, 2.05) is 30.0 Å². The summed E-state index contributed by atoms with van der Waals surface area (Å²) in [4.78, 5) is 13.3. The van der Waals surface area contributed by atoms with E-state index < -0.39 is 0 Å². The molecule has 1 aliphatic heterocycles. The van der Waals surface area contributed by atoms with Gasteiger partial charge < -0.3 is 5.32 Å². The highest BCUT2D eigenvalue weighted by molar-refractivity contribution is 8.01. The minimum atomic E-state index is 0.0121. The molecule has 4 nitrogen and oxygen atoms in total. The molecule has 0 radical (unpaired) electrons. The third-order valence-corrected chi connectivity index (χ3v) is 6.23. The van der Waals surface area contributed by atoms with E-state index in [1.165, 1.54) is 28.0 Å². The van der Waals surface area contributed by atoms with Crippen molar-refractivity contribution in [2.45, 2.75) is 21.7 Å². The summed E-state index contributed by atoms with van der Waals surface area (Å²) in [6.45, 7) is 0. The Morgan fingerprint density at radius 1 is 1.52 bits per heavy atom. The number of hydrogen-bond donors (Lipinski definition) is 1. The highest BCUT2D eigenvalue weighted by Crippen LogP contribution is 2.37. The van der Waals surface area contributed by atoms with Gasteiger partial charge in [-0.25, -0.2) is 0 Å². The molecule has 2 aromatic rings. The van der Waals surface area contributed by atoms with Crippen molar-refractivity contribution < 1.29 is 4.79 Å². The molecule has 0 spiro atoms. The Hall–Kier alpha value is -0.760. The van der Waals surface area contributed by atoms with E-state index in [0.717, 1.165) is 22.1 Å². The number of carbonyl (C=O) groups excluding carboxylic acids is 1. The van der Waals surface area contributed by atoms with Gasteiger partial charge in [0, 0.05) is 15.7 Å². The lowest BCUT2D eigenvalue weighted by atomic mass is 10.0. The highest BCUT2D eigenvalue weighted by atomic mass is 35.5. The smallest absolute Gasteiger partial charge is 0.230 e. The fourth-order valence-corrected chi connectivity index (χ4v) is 4.69. The zero-order valence-electron chi connectivity index (χ0n) is 10.9. The first-order valence-electron chi connectivity index (χ1n) is 6.33. The van der Waals surface area contributed by atoms with Crippen molar-refractivity contribution in [3.8, 4) is 0 Å². The third-order valence-electron chi connectivity index (χ3n) is 3.01. The van der Waals surface area contributed by atoms with Gasteiger partial charge in [0.05, 0.1) is 11.8 Å².